The Balaban J connectivity index is 1.45. The molecular formula is C20H19N3OS. The van der Waals surface area contributed by atoms with Gasteiger partial charge in [-0.1, -0.05) is 30.3 Å². The van der Waals surface area contributed by atoms with Gasteiger partial charge in [-0.25, -0.2) is 4.98 Å². The van der Waals surface area contributed by atoms with E-state index in [0.29, 0.717) is 0 Å². The van der Waals surface area contributed by atoms with Crippen LogP contribution in [-0.4, -0.2) is 42.0 Å². The van der Waals surface area contributed by atoms with Gasteiger partial charge >= 0.3 is 0 Å². The van der Waals surface area contributed by atoms with Crippen LogP contribution in [0, 0.1) is 0 Å². The smallest absolute Gasteiger partial charge is 0.253 e. The third-order valence-electron chi connectivity index (χ3n) is 4.48. The molecule has 0 saturated carbocycles. The first-order valence-electron chi connectivity index (χ1n) is 8.40. The van der Waals surface area contributed by atoms with E-state index in [1.54, 1.807) is 17.5 Å². The van der Waals surface area contributed by atoms with Gasteiger partial charge in [0.05, 0.1) is 0 Å². The average molecular weight is 349 g/mol. The molecular weight excluding hydrogens is 330 g/mol. The number of aromatic nitrogens is 1. The van der Waals surface area contributed by atoms with Crippen LogP contribution in [0.2, 0.25) is 0 Å². The van der Waals surface area contributed by atoms with Gasteiger partial charge in [0.1, 0.15) is 5.01 Å². The Bertz CT molecular complexity index is 840. The van der Waals surface area contributed by atoms with E-state index in [4.69, 9.17) is 0 Å². The minimum absolute atomic E-state index is 0.103. The van der Waals surface area contributed by atoms with Gasteiger partial charge in [0.2, 0.25) is 0 Å². The molecule has 0 N–H and O–H groups in total. The number of hydrogen-bond acceptors (Lipinski definition) is 4. The van der Waals surface area contributed by atoms with E-state index >= 15 is 0 Å². The molecule has 0 bridgehead atoms. The van der Waals surface area contributed by atoms with Crippen LogP contribution in [0.3, 0.4) is 0 Å². The highest BCUT2D eigenvalue weighted by atomic mass is 32.1. The molecule has 1 aliphatic rings. The van der Waals surface area contributed by atoms with Crippen molar-refractivity contribution in [1.29, 1.82) is 0 Å². The summed E-state index contributed by atoms with van der Waals surface area (Å²) in [5, 5.41) is 2.90. The van der Waals surface area contributed by atoms with E-state index in [1.807, 2.05) is 40.6 Å². The third kappa shape index (κ3) is 3.42. The number of hydrogen-bond donors (Lipinski definition) is 0. The zero-order chi connectivity index (χ0) is 17.1. The van der Waals surface area contributed by atoms with Crippen LogP contribution in [0.5, 0.6) is 0 Å². The van der Waals surface area contributed by atoms with Crippen LogP contribution in [0.4, 0.5) is 5.69 Å². The lowest BCUT2D eigenvalue weighted by atomic mass is 10.1. The van der Waals surface area contributed by atoms with E-state index in [9.17, 15) is 4.79 Å². The second-order valence-corrected chi connectivity index (χ2v) is 6.93. The maximum absolute atomic E-state index is 12.9. The zero-order valence-corrected chi connectivity index (χ0v) is 14.7. The first-order valence-corrected chi connectivity index (χ1v) is 9.28. The molecule has 126 valence electrons. The highest BCUT2D eigenvalue weighted by molar-refractivity contribution is 7.13. The van der Waals surface area contributed by atoms with E-state index in [1.165, 1.54) is 5.69 Å². The lowest BCUT2D eigenvalue weighted by Gasteiger charge is -2.36. The van der Waals surface area contributed by atoms with Gasteiger partial charge in [-0.15, -0.1) is 11.3 Å². The highest BCUT2D eigenvalue weighted by Gasteiger charge is 2.22. The summed E-state index contributed by atoms with van der Waals surface area (Å²) in [6, 6.07) is 18.2. The molecule has 1 aliphatic heterocycles. The molecule has 0 aliphatic carbocycles. The molecule has 25 heavy (non-hydrogen) atoms. The van der Waals surface area contributed by atoms with E-state index in [0.717, 1.165) is 42.3 Å². The van der Waals surface area contributed by atoms with Gasteiger partial charge in [0.25, 0.3) is 5.91 Å². The number of para-hydroxylation sites is 1. The highest BCUT2D eigenvalue weighted by Crippen LogP contribution is 2.23. The van der Waals surface area contributed by atoms with Crippen LogP contribution in [-0.2, 0) is 0 Å². The second kappa shape index (κ2) is 7.07. The molecule has 4 nitrogen and oxygen atoms in total. The monoisotopic (exact) mass is 349 g/mol. The summed E-state index contributed by atoms with van der Waals surface area (Å²) in [6.45, 7) is 3.22. The SMILES string of the molecule is O=C(c1cccc(-c2nccs2)c1)N1CCN(c2ccccc2)CC1. The Labute approximate surface area is 151 Å². The Hall–Kier alpha value is -2.66. The summed E-state index contributed by atoms with van der Waals surface area (Å²) in [5.74, 6) is 0.103. The zero-order valence-electron chi connectivity index (χ0n) is 13.8. The number of amides is 1. The lowest BCUT2D eigenvalue weighted by molar-refractivity contribution is 0.0747. The molecule has 2 heterocycles. The van der Waals surface area contributed by atoms with E-state index in [2.05, 4.69) is 34.1 Å². The van der Waals surface area contributed by atoms with Crippen LogP contribution in [0.15, 0.2) is 66.2 Å². The summed E-state index contributed by atoms with van der Waals surface area (Å²) in [6.07, 6.45) is 1.79. The molecule has 4 rings (SSSR count). The molecule has 1 fully saturated rings. The first kappa shape index (κ1) is 15.8. The molecule has 1 amide bonds. The van der Waals surface area contributed by atoms with Gasteiger partial charge in [0, 0.05) is 54.6 Å². The predicted octanol–water partition coefficient (Wildman–Crippen LogP) is 3.77. The fourth-order valence-electron chi connectivity index (χ4n) is 3.14. The summed E-state index contributed by atoms with van der Waals surface area (Å²) in [7, 11) is 0. The van der Waals surface area contributed by atoms with Crippen molar-refractivity contribution in [3.05, 3.63) is 71.7 Å². The molecule has 5 heteroatoms. The number of rotatable bonds is 3. The van der Waals surface area contributed by atoms with Crippen molar-refractivity contribution in [3.8, 4) is 10.6 Å². The molecule has 0 unspecified atom stereocenters. The van der Waals surface area contributed by atoms with Crippen molar-refractivity contribution in [1.82, 2.24) is 9.88 Å². The van der Waals surface area contributed by atoms with E-state index < -0.39 is 0 Å². The van der Waals surface area contributed by atoms with E-state index in [-0.39, 0.29) is 5.91 Å². The summed E-state index contributed by atoms with van der Waals surface area (Å²) in [5.41, 5.74) is 2.96. The number of anilines is 1. The molecule has 2 aromatic carbocycles. The van der Waals surface area contributed by atoms with Gasteiger partial charge in [-0.05, 0) is 24.3 Å². The van der Waals surface area contributed by atoms with Crippen molar-refractivity contribution < 1.29 is 4.79 Å². The molecule has 1 aromatic heterocycles. The number of carbonyl (C=O) groups excluding carboxylic acids is 1. The van der Waals surface area contributed by atoms with Crippen molar-refractivity contribution in [2.24, 2.45) is 0 Å². The maximum Gasteiger partial charge on any atom is 0.253 e. The Kier molecular flexibility index (Phi) is 4.48. The van der Waals surface area contributed by atoms with Gasteiger partial charge in [-0.3, -0.25) is 4.79 Å². The quantitative estimate of drug-likeness (QED) is 0.722. The third-order valence-corrected chi connectivity index (χ3v) is 5.30. The Morgan fingerprint density at radius 2 is 1.76 bits per heavy atom. The summed E-state index contributed by atoms with van der Waals surface area (Å²) in [4.78, 5) is 21.5. The Morgan fingerprint density at radius 1 is 0.960 bits per heavy atom. The van der Waals surface area contributed by atoms with Crippen molar-refractivity contribution >= 4 is 22.9 Å². The average Bonchev–Trinajstić information content (AvgIpc) is 3.23. The van der Waals surface area contributed by atoms with Crippen molar-refractivity contribution in [2.45, 2.75) is 0 Å². The van der Waals surface area contributed by atoms with Gasteiger partial charge in [0.15, 0.2) is 0 Å². The van der Waals surface area contributed by atoms with Crippen molar-refractivity contribution in [2.75, 3.05) is 31.1 Å². The standard InChI is InChI=1S/C20H19N3OS/c24-20(17-6-4-5-16(15-17)19-21-9-14-25-19)23-12-10-22(11-13-23)18-7-2-1-3-8-18/h1-9,14-15H,10-13H2. The normalized spacial score (nSPS) is 14.6. The number of piperazine rings is 1. The summed E-state index contributed by atoms with van der Waals surface area (Å²) >= 11 is 1.59. The number of benzene rings is 2. The number of nitrogens with zero attached hydrogens (tertiary/aromatic N) is 3. The molecule has 3 aromatic rings. The predicted molar refractivity (Wildman–Crippen MR) is 102 cm³/mol. The van der Waals surface area contributed by atoms with Gasteiger partial charge in [-0.2, -0.15) is 0 Å². The first-order chi connectivity index (χ1) is 12.3. The van der Waals surface area contributed by atoms with Gasteiger partial charge < -0.3 is 9.80 Å². The minimum Gasteiger partial charge on any atom is -0.368 e. The van der Waals surface area contributed by atoms with Crippen molar-refractivity contribution in [3.63, 3.8) is 0 Å². The number of carbonyl (C=O) groups is 1. The van der Waals surface area contributed by atoms with Crippen LogP contribution < -0.4 is 4.90 Å². The largest absolute Gasteiger partial charge is 0.368 e. The second-order valence-electron chi connectivity index (χ2n) is 6.03. The maximum atomic E-state index is 12.9. The fourth-order valence-corrected chi connectivity index (χ4v) is 3.78. The van der Waals surface area contributed by atoms with Crippen LogP contribution >= 0.6 is 11.3 Å². The van der Waals surface area contributed by atoms with Crippen LogP contribution in [0.25, 0.3) is 10.6 Å². The molecule has 0 spiro atoms. The molecule has 1 saturated heterocycles. The van der Waals surface area contributed by atoms with Crippen LogP contribution in [0.1, 0.15) is 10.4 Å². The summed E-state index contributed by atoms with van der Waals surface area (Å²) < 4.78 is 0. The fraction of sp³-hybridized carbons (Fsp3) is 0.200. The number of thiazole rings is 1. The Morgan fingerprint density at radius 3 is 2.48 bits per heavy atom. The molecule has 0 atom stereocenters. The minimum atomic E-state index is 0.103. The topological polar surface area (TPSA) is 36.4 Å². The lowest BCUT2D eigenvalue weighted by Crippen LogP contribution is -2.48. The molecule has 0 radical (unpaired) electrons.